The standard InChI is InChI=1S/C15H14ClN3OS/c1-19(2)10-13(21-15-17-8-3-9-18-15)14(20)11-4-6-12(16)7-5-11/h3-10H,1-2H3/b13-10-. The first kappa shape index (κ1) is 15.5. The van der Waals surface area contributed by atoms with Crippen LogP contribution in [0.2, 0.25) is 5.02 Å². The minimum atomic E-state index is -0.0854. The van der Waals surface area contributed by atoms with Crippen LogP contribution in [0.15, 0.2) is 59.0 Å². The number of hydrogen-bond donors (Lipinski definition) is 0. The molecule has 0 saturated heterocycles. The third-order valence-electron chi connectivity index (χ3n) is 2.45. The molecule has 0 fully saturated rings. The molecule has 0 radical (unpaired) electrons. The number of rotatable bonds is 5. The summed E-state index contributed by atoms with van der Waals surface area (Å²) in [6.07, 6.45) is 5.06. The Morgan fingerprint density at radius 2 is 1.81 bits per heavy atom. The molecule has 0 aliphatic heterocycles. The third kappa shape index (κ3) is 4.58. The van der Waals surface area contributed by atoms with E-state index in [-0.39, 0.29) is 5.78 Å². The molecule has 0 spiro atoms. The van der Waals surface area contributed by atoms with Crippen molar-refractivity contribution in [2.45, 2.75) is 5.16 Å². The maximum absolute atomic E-state index is 12.6. The lowest BCUT2D eigenvalue weighted by atomic mass is 10.1. The Labute approximate surface area is 132 Å². The van der Waals surface area contributed by atoms with Gasteiger partial charge in [-0.05, 0) is 42.1 Å². The number of hydrogen-bond acceptors (Lipinski definition) is 5. The van der Waals surface area contributed by atoms with Gasteiger partial charge in [0.2, 0.25) is 5.78 Å². The number of benzene rings is 1. The molecule has 0 atom stereocenters. The Balaban J connectivity index is 2.28. The van der Waals surface area contributed by atoms with Gasteiger partial charge >= 0.3 is 0 Å². The smallest absolute Gasteiger partial charge is 0.201 e. The van der Waals surface area contributed by atoms with Crippen molar-refractivity contribution < 1.29 is 4.79 Å². The summed E-state index contributed by atoms with van der Waals surface area (Å²) in [5, 5.41) is 1.14. The minimum Gasteiger partial charge on any atom is -0.382 e. The molecule has 21 heavy (non-hydrogen) atoms. The zero-order valence-electron chi connectivity index (χ0n) is 11.7. The lowest BCUT2D eigenvalue weighted by Gasteiger charge is -2.10. The molecule has 1 heterocycles. The molecule has 0 aliphatic carbocycles. The molecule has 1 aromatic heterocycles. The first-order chi connectivity index (χ1) is 10.1. The van der Waals surface area contributed by atoms with E-state index < -0.39 is 0 Å². The van der Waals surface area contributed by atoms with Crippen LogP contribution < -0.4 is 0 Å². The summed E-state index contributed by atoms with van der Waals surface area (Å²) in [5.74, 6) is -0.0854. The van der Waals surface area contributed by atoms with Gasteiger partial charge in [0.25, 0.3) is 0 Å². The topological polar surface area (TPSA) is 46.1 Å². The number of aromatic nitrogens is 2. The minimum absolute atomic E-state index is 0.0854. The van der Waals surface area contributed by atoms with Gasteiger partial charge in [-0.2, -0.15) is 0 Å². The van der Waals surface area contributed by atoms with Gasteiger partial charge in [-0.25, -0.2) is 9.97 Å². The highest BCUT2D eigenvalue weighted by Gasteiger charge is 2.15. The fourth-order valence-electron chi connectivity index (χ4n) is 1.55. The van der Waals surface area contributed by atoms with Crippen LogP contribution in [-0.4, -0.2) is 34.7 Å². The monoisotopic (exact) mass is 319 g/mol. The van der Waals surface area contributed by atoms with Crippen molar-refractivity contribution in [1.82, 2.24) is 14.9 Å². The second-order valence-electron chi connectivity index (χ2n) is 4.43. The zero-order chi connectivity index (χ0) is 15.2. The Morgan fingerprint density at radius 1 is 1.19 bits per heavy atom. The van der Waals surface area contributed by atoms with Crippen LogP contribution in [0.3, 0.4) is 0 Å². The predicted molar refractivity (Wildman–Crippen MR) is 85.4 cm³/mol. The van der Waals surface area contributed by atoms with Crippen LogP contribution in [0.1, 0.15) is 10.4 Å². The fraction of sp³-hybridized carbons (Fsp3) is 0.133. The van der Waals surface area contributed by atoms with Crippen LogP contribution in [0.5, 0.6) is 0 Å². The highest BCUT2D eigenvalue weighted by Crippen LogP contribution is 2.26. The van der Waals surface area contributed by atoms with E-state index in [1.807, 2.05) is 19.0 Å². The van der Waals surface area contributed by atoms with E-state index in [0.717, 1.165) is 0 Å². The van der Waals surface area contributed by atoms with Crippen molar-refractivity contribution in [2.75, 3.05) is 14.1 Å². The molecule has 0 saturated carbocycles. The normalized spacial score (nSPS) is 11.3. The van der Waals surface area contributed by atoms with E-state index >= 15 is 0 Å². The molecule has 0 bridgehead atoms. The predicted octanol–water partition coefficient (Wildman–Crippen LogP) is 3.51. The molecule has 0 amide bonds. The quantitative estimate of drug-likeness (QED) is 0.365. The summed E-state index contributed by atoms with van der Waals surface area (Å²) in [4.78, 5) is 23.2. The molecule has 0 N–H and O–H groups in total. The number of nitrogens with zero attached hydrogens (tertiary/aromatic N) is 3. The second-order valence-corrected chi connectivity index (χ2v) is 5.87. The average Bonchev–Trinajstić information content (AvgIpc) is 2.47. The molecule has 108 valence electrons. The van der Waals surface area contributed by atoms with Crippen molar-refractivity contribution >= 4 is 29.1 Å². The SMILES string of the molecule is CN(C)/C=C(\Sc1ncccn1)C(=O)c1ccc(Cl)cc1. The molecular weight excluding hydrogens is 306 g/mol. The highest BCUT2D eigenvalue weighted by atomic mass is 35.5. The summed E-state index contributed by atoms with van der Waals surface area (Å²) in [7, 11) is 3.73. The van der Waals surface area contributed by atoms with Crippen molar-refractivity contribution in [3.63, 3.8) is 0 Å². The van der Waals surface area contributed by atoms with Gasteiger partial charge in [0.15, 0.2) is 5.16 Å². The van der Waals surface area contributed by atoms with Crippen LogP contribution >= 0.6 is 23.4 Å². The summed E-state index contributed by atoms with van der Waals surface area (Å²) in [6.45, 7) is 0. The van der Waals surface area contributed by atoms with Gasteiger partial charge in [0.05, 0.1) is 4.91 Å². The fourth-order valence-corrected chi connectivity index (χ4v) is 2.57. The summed E-state index contributed by atoms with van der Waals surface area (Å²) in [6, 6.07) is 8.55. The largest absolute Gasteiger partial charge is 0.382 e. The lowest BCUT2D eigenvalue weighted by molar-refractivity contribution is 0.104. The van der Waals surface area contributed by atoms with E-state index in [1.54, 1.807) is 48.9 Å². The van der Waals surface area contributed by atoms with Crippen molar-refractivity contribution in [2.24, 2.45) is 0 Å². The van der Waals surface area contributed by atoms with Gasteiger partial charge in [-0.1, -0.05) is 11.6 Å². The summed E-state index contributed by atoms with van der Waals surface area (Å²) in [5.41, 5.74) is 0.580. The molecule has 2 aromatic rings. The van der Waals surface area contributed by atoms with Crippen molar-refractivity contribution in [3.05, 3.63) is 64.4 Å². The van der Waals surface area contributed by atoms with E-state index in [2.05, 4.69) is 9.97 Å². The maximum Gasteiger partial charge on any atom is 0.201 e. The molecule has 0 aliphatic rings. The summed E-state index contributed by atoms with van der Waals surface area (Å²) < 4.78 is 0. The number of carbonyl (C=O) groups is 1. The van der Waals surface area contributed by atoms with Crippen LogP contribution in [0.25, 0.3) is 0 Å². The number of thioether (sulfide) groups is 1. The molecule has 2 rings (SSSR count). The maximum atomic E-state index is 12.6. The Kier molecular flexibility index (Phi) is 5.36. The molecule has 6 heteroatoms. The molecule has 0 unspecified atom stereocenters. The number of carbonyl (C=O) groups excluding carboxylic acids is 1. The first-order valence-corrected chi connectivity index (χ1v) is 7.39. The van der Waals surface area contributed by atoms with Gasteiger partial charge in [-0.3, -0.25) is 4.79 Å². The third-order valence-corrected chi connectivity index (χ3v) is 3.61. The van der Waals surface area contributed by atoms with E-state index in [0.29, 0.717) is 20.6 Å². The van der Waals surface area contributed by atoms with Crippen molar-refractivity contribution in [1.29, 1.82) is 0 Å². The van der Waals surface area contributed by atoms with Gasteiger partial charge in [0, 0.05) is 43.3 Å². The van der Waals surface area contributed by atoms with Crippen LogP contribution in [-0.2, 0) is 0 Å². The highest BCUT2D eigenvalue weighted by molar-refractivity contribution is 8.03. The van der Waals surface area contributed by atoms with Gasteiger partial charge in [-0.15, -0.1) is 0 Å². The zero-order valence-corrected chi connectivity index (χ0v) is 13.2. The first-order valence-electron chi connectivity index (χ1n) is 6.19. The van der Waals surface area contributed by atoms with E-state index in [1.165, 1.54) is 11.8 Å². The van der Waals surface area contributed by atoms with Gasteiger partial charge < -0.3 is 4.90 Å². The lowest BCUT2D eigenvalue weighted by Crippen LogP contribution is -2.08. The number of halogens is 1. The average molecular weight is 320 g/mol. The number of ketones is 1. The van der Waals surface area contributed by atoms with Crippen molar-refractivity contribution in [3.8, 4) is 0 Å². The van der Waals surface area contributed by atoms with Gasteiger partial charge in [0.1, 0.15) is 0 Å². The Hall–Kier alpha value is -1.85. The van der Waals surface area contributed by atoms with E-state index in [4.69, 9.17) is 11.6 Å². The van der Waals surface area contributed by atoms with Crippen LogP contribution in [0, 0.1) is 0 Å². The van der Waals surface area contributed by atoms with E-state index in [9.17, 15) is 4.79 Å². The number of allylic oxidation sites excluding steroid dienone is 1. The number of Topliss-reactive ketones (excluding diaryl/α,β-unsaturated/α-hetero) is 1. The molecule has 1 aromatic carbocycles. The Morgan fingerprint density at radius 3 is 2.38 bits per heavy atom. The molecular formula is C15H14ClN3OS. The molecule has 4 nitrogen and oxygen atoms in total. The Bertz CT molecular complexity index is 642. The second kappa shape index (κ2) is 7.24. The summed E-state index contributed by atoms with van der Waals surface area (Å²) >= 11 is 7.09. The van der Waals surface area contributed by atoms with Crippen LogP contribution in [0.4, 0.5) is 0 Å².